The molecule has 1 aromatic carbocycles. The molecule has 1 aliphatic carbocycles. The average molecular weight is 401 g/mol. The lowest BCUT2D eigenvalue weighted by Crippen LogP contribution is -2.43. The van der Waals surface area contributed by atoms with Crippen LogP contribution in [0.1, 0.15) is 49.7 Å². The summed E-state index contributed by atoms with van der Waals surface area (Å²) in [5, 5.41) is 3.96. The third kappa shape index (κ3) is 4.28. The molecule has 28 heavy (non-hydrogen) atoms. The monoisotopic (exact) mass is 400 g/mol. The van der Waals surface area contributed by atoms with Gasteiger partial charge in [0.15, 0.2) is 0 Å². The van der Waals surface area contributed by atoms with E-state index in [9.17, 15) is 4.79 Å². The van der Waals surface area contributed by atoms with Crippen molar-refractivity contribution in [3.8, 4) is 0 Å². The Morgan fingerprint density at radius 3 is 2.64 bits per heavy atom. The van der Waals surface area contributed by atoms with Gasteiger partial charge in [-0.3, -0.25) is 9.69 Å². The third-order valence-electron chi connectivity index (χ3n) is 6.18. The molecule has 2 fully saturated rings. The number of piperidine rings is 1. The Balaban J connectivity index is 1.29. The van der Waals surface area contributed by atoms with Gasteiger partial charge in [0.1, 0.15) is 11.5 Å². The van der Waals surface area contributed by atoms with E-state index in [2.05, 4.69) is 29.3 Å². The van der Waals surface area contributed by atoms with Crippen LogP contribution in [0.4, 0.5) is 0 Å². The minimum atomic E-state index is -0.330. The maximum Gasteiger partial charge on any atom is 0.230 e. The van der Waals surface area contributed by atoms with E-state index in [4.69, 9.17) is 16.0 Å². The Labute approximate surface area is 172 Å². The highest BCUT2D eigenvalue weighted by Gasteiger charge is 2.51. The molecule has 1 saturated carbocycles. The van der Waals surface area contributed by atoms with Crippen LogP contribution in [0.5, 0.6) is 0 Å². The molecule has 2 aliphatic rings. The first-order valence-corrected chi connectivity index (χ1v) is 10.8. The normalized spacial score (nSPS) is 21.4. The molecule has 0 spiro atoms. The second-order valence-electron chi connectivity index (χ2n) is 8.26. The Morgan fingerprint density at radius 1 is 1.21 bits per heavy atom. The zero-order valence-corrected chi connectivity index (χ0v) is 17.3. The summed E-state index contributed by atoms with van der Waals surface area (Å²) in [4.78, 5) is 15.3. The first-order chi connectivity index (χ1) is 13.6. The third-order valence-corrected chi connectivity index (χ3v) is 6.43. The van der Waals surface area contributed by atoms with Crippen LogP contribution >= 0.6 is 11.6 Å². The fraction of sp³-hybridized carbons (Fsp3) is 0.522. The predicted octanol–water partition coefficient (Wildman–Crippen LogP) is 4.56. The highest BCUT2D eigenvalue weighted by atomic mass is 35.5. The molecule has 2 aromatic rings. The van der Waals surface area contributed by atoms with Crippen molar-refractivity contribution in [2.24, 2.45) is 5.92 Å². The summed E-state index contributed by atoms with van der Waals surface area (Å²) in [6, 6.07) is 11.9. The molecule has 5 heteroatoms. The first kappa shape index (κ1) is 19.5. The van der Waals surface area contributed by atoms with Gasteiger partial charge in [-0.25, -0.2) is 0 Å². The van der Waals surface area contributed by atoms with Gasteiger partial charge in [-0.15, -0.1) is 0 Å². The number of benzene rings is 1. The van der Waals surface area contributed by atoms with Gasteiger partial charge in [-0.2, -0.15) is 0 Å². The Morgan fingerprint density at radius 2 is 1.96 bits per heavy atom. The number of hydrogen-bond acceptors (Lipinski definition) is 3. The van der Waals surface area contributed by atoms with Gasteiger partial charge < -0.3 is 9.73 Å². The minimum absolute atomic E-state index is 0.172. The van der Waals surface area contributed by atoms with Gasteiger partial charge in [0.25, 0.3) is 0 Å². The zero-order chi connectivity index (χ0) is 19.6. The molecule has 150 valence electrons. The average Bonchev–Trinajstić information content (AvgIpc) is 3.40. The second kappa shape index (κ2) is 8.30. The lowest BCUT2D eigenvalue weighted by atomic mass is 9.93. The van der Waals surface area contributed by atoms with Gasteiger partial charge in [0.2, 0.25) is 5.91 Å². The van der Waals surface area contributed by atoms with Crippen molar-refractivity contribution in [1.82, 2.24) is 10.2 Å². The summed E-state index contributed by atoms with van der Waals surface area (Å²) < 4.78 is 5.86. The van der Waals surface area contributed by atoms with Gasteiger partial charge in [0, 0.05) is 24.5 Å². The number of hydrogen-bond donors (Lipinski definition) is 1. The number of rotatable bonds is 7. The van der Waals surface area contributed by atoms with E-state index in [1.165, 1.54) is 12.8 Å². The molecular weight excluding hydrogens is 372 g/mol. The van der Waals surface area contributed by atoms with Crippen LogP contribution in [-0.4, -0.2) is 30.4 Å². The maximum atomic E-state index is 12.9. The summed E-state index contributed by atoms with van der Waals surface area (Å²) in [7, 11) is 0. The summed E-state index contributed by atoms with van der Waals surface area (Å²) in [5.41, 5.74) is 0.758. The van der Waals surface area contributed by atoms with Crippen LogP contribution in [0.2, 0.25) is 5.02 Å². The molecule has 1 aliphatic heterocycles. The lowest BCUT2D eigenvalue weighted by molar-refractivity contribution is -0.123. The summed E-state index contributed by atoms with van der Waals surface area (Å²) in [6.07, 6.45) is 5.13. The number of furan rings is 1. The van der Waals surface area contributed by atoms with Gasteiger partial charge in [-0.05, 0) is 68.0 Å². The largest absolute Gasteiger partial charge is 0.465 e. The SMILES string of the molecule is CCc1ccc(CN2CCC[C@H](CNC(=O)C3(c4ccc(Cl)cc4)CC3)C2)o1. The molecule has 1 aromatic heterocycles. The van der Waals surface area contributed by atoms with Crippen LogP contribution in [0.25, 0.3) is 0 Å². The molecule has 0 bridgehead atoms. The number of carbonyl (C=O) groups is 1. The molecular formula is C23H29ClN2O2. The zero-order valence-electron chi connectivity index (χ0n) is 16.5. The Kier molecular flexibility index (Phi) is 5.79. The molecule has 4 rings (SSSR count). The number of aryl methyl sites for hydroxylation is 1. The maximum absolute atomic E-state index is 12.9. The van der Waals surface area contributed by atoms with Crippen molar-refractivity contribution in [1.29, 1.82) is 0 Å². The smallest absolute Gasteiger partial charge is 0.230 e. The first-order valence-electron chi connectivity index (χ1n) is 10.4. The minimum Gasteiger partial charge on any atom is -0.465 e. The van der Waals surface area contributed by atoms with E-state index >= 15 is 0 Å². The summed E-state index contributed by atoms with van der Waals surface area (Å²) in [5.74, 6) is 2.76. The van der Waals surface area contributed by atoms with Crippen molar-refractivity contribution in [3.63, 3.8) is 0 Å². The van der Waals surface area contributed by atoms with E-state index in [0.29, 0.717) is 10.9 Å². The van der Waals surface area contributed by atoms with Crippen molar-refractivity contribution in [3.05, 3.63) is 58.5 Å². The quantitative estimate of drug-likeness (QED) is 0.741. The number of likely N-dealkylation sites (tertiary alicyclic amines) is 1. The fourth-order valence-corrected chi connectivity index (χ4v) is 4.45. The highest BCUT2D eigenvalue weighted by molar-refractivity contribution is 6.30. The van der Waals surface area contributed by atoms with E-state index in [0.717, 1.165) is 62.5 Å². The summed E-state index contributed by atoms with van der Waals surface area (Å²) >= 11 is 5.99. The van der Waals surface area contributed by atoms with Crippen molar-refractivity contribution in [2.75, 3.05) is 19.6 Å². The number of nitrogens with zero attached hydrogens (tertiary/aromatic N) is 1. The molecule has 1 N–H and O–H groups in total. The van der Waals surface area contributed by atoms with E-state index in [1.807, 2.05) is 24.3 Å². The Bertz CT molecular complexity index is 810. The van der Waals surface area contributed by atoms with Crippen LogP contribution in [0.15, 0.2) is 40.8 Å². The molecule has 0 unspecified atom stereocenters. The Hall–Kier alpha value is -1.78. The van der Waals surface area contributed by atoms with Crippen molar-refractivity contribution < 1.29 is 9.21 Å². The molecule has 4 nitrogen and oxygen atoms in total. The molecule has 0 radical (unpaired) electrons. The standard InChI is InChI=1S/C23H29ClN2O2/c1-2-20-9-10-21(28-20)16-26-13-3-4-17(15-26)14-25-22(27)23(11-12-23)18-5-7-19(24)8-6-18/h5-10,17H,2-4,11-16H2,1H3,(H,25,27)/t17-/m1/s1. The van der Waals surface area contributed by atoms with Gasteiger partial charge in [0.05, 0.1) is 12.0 Å². The van der Waals surface area contributed by atoms with E-state index < -0.39 is 0 Å². The molecule has 1 atom stereocenters. The van der Waals surface area contributed by atoms with Gasteiger partial charge >= 0.3 is 0 Å². The number of nitrogens with one attached hydrogen (secondary N) is 1. The molecule has 2 heterocycles. The number of carbonyl (C=O) groups excluding carboxylic acids is 1. The highest BCUT2D eigenvalue weighted by Crippen LogP contribution is 2.48. The topological polar surface area (TPSA) is 45.5 Å². The van der Waals surface area contributed by atoms with Crippen molar-refractivity contribution >= 4 is 17.5 Å². The lowest BCUT2D eigenvalue weighted by Gasteiger charge is -2.32. The number of halogens is 1. The van der Waals surface area contributed by atoms with E-state index in [-0.39, 0.29) is 11.3 Å². The van der Waals surface area contributed by atoms with E-state index in [1.54, 1.807) is 0 Å². The van der Waals surface area contributed by atoms with Gasteiger partial charge in [-0.1, -0.05) is 30.7 Å². The molecule has 1 saturated heterocycles. The van der Waals surface area contributed by atoms with Crippen LogP contribution in [0.3, 0.4) is 0 Å². The second-order valence-corrected chi connectivity index (χ2v) is 8.70. The summed E-state index contributed by atoms with van der Waals surface area (Å²) in [6.45, 7) is 5.83. The van der Waals surface area contributed by atoms with Crippen LogP contribution in [-0.2, 0) is 23.2 Å². The van der Waals surface area contributed by atoms with Crippen LogP contribution < -0.4 is 5.32 Å². The predicted molar refractivity (Wildman–Crippen MR) is 111 cm³/mol. The fourth-order valence-electron chi connectivity index (χ4n) is 4.33. The van der Waals surface area contributed by atoms with Crippen LogP contribution in [0, 0.1) is 5.92 Å². The van der Waals surface area contributed by atoms with Crippen molar-refractivity contribution in [2.45, 2.75) is 51.0 Å². The molecule has 1 amide bonds. The number of amides is 1.